The molecule has 0 aromatic heterocycles. The number of phosphoric acid groups is 1. The third kappa shape index (κ3) is 9.02. The number of carboxylic acids is 1. The zero-order valence-electron chi connectivity index (χ0n) is 11.8. The number of aliphatic carboxylic acids is 1. The van der Waals surface area contributed by atoms with Gasteiger partial charge in [-0.15, -0.1) is 0 Å². The maximum absolute atomic E-state index is 11.6. The molecule has 0 aromatic carbocycles. The highest BCUT2D eigenvalue weighted by Gasteiger charge is 2.24. The molecule has 0 aromatic rings. The maximum atomic E-state index is 11.6. The van der Waals surface area contributed by atoms with Crippen LogP contribution in [0.4, 0.5) is 0 Å². The monoisotopic (exact) mass is 373 g/mol. The van der Waals surface area contributed by atoms with E-state index in [9.17, 15) is 14.2 Å². The van der Waals surface area contributed by atoms with E-state index < -0.39 is 32.3 Å². The number of carbonyl (C=O) groups is 2. The van der Waals surface area contributed by atoms with Crippen LogP contribution in [0.15, 0.2) is 0 Å². The summed E-state index contributed by atoms with van der Waals surface area (Å²) < 4.78 is 14.7. The number of phosphoric ester groups is 1. The summed E-state index contributed by atoms with van der Waals surface area (Å²) in [5, 5.41) is 11.7. The van der Waals surface area contributed by atoms with Crippen LogP contribution in [0.3, 0.4) is 0 Å². The molecular weight excluding hydrogens is 353 g/mol. The minimum Gasteiger partial charge on any atom is -0.480 e. The van der Waals surface area contributed by atoms with Crippen LogP contribution < -0.4 is 5.32 Å². The summed E-state index contributed by atoms with van der Waals surface area (Å²) in [7, 11) is -1.03. The van der Waals surface area contributed by atoms with E-state index in [0.717, 1.165) is 18.6 Å². The Bertz CT molecular complexity index is 425. The molecular formula is C11H20NO7PS2. The third-order valence-corrected chi connectivity index (χ3v) is 6.44. The summed E-state index contributed by atoms with van der Waals surface area (Å²) in [6, 6.07) is -1.47. The second-order valence-corrected chi connectivity index (χ2v) is 8.85. The summed E-state index contributed by atoms with van der Waals surface area (Å²) in [6.45, 7) is -0.776. The summed E-state index contributed by atoms with van der Waals surface area (Å²) in [5.41, 5.74) is 0. The number of hydrogen-bond donors (Lipinski definition) is 4. The minimum atomic E-state index is -4.76. The van der Waals surface area contributed by atoms with E-state index in [1.165, 1.54) is 6.42 Å². The third-order valence-electron chi connectivity index (χ3n) is 2.95. The fourth-order valence-corrected chi connectivity index (χ4v) is 5.21. The van der Waals surface area contributed by atoms with Crippen LogP contribution in [0.25, 0.3) is 0 Å². The summed E-state index contributed by atoms with van der Waals surface area (Å²) >= 11 is 0. The van der Waals surface area contributed by atoms with E-state index in [-0.39, 0.29) is 6.42 Å². The highest BCUT2D eigenvalue weighted by atomic mass is 33.1. The van der Waals surface area contributed by atoms with Crippen LogP contribution in [-0.2, 0) is 18.7 Å². The Morgan fingerprint density at radius 3 is 2.64 bits per heavy atom. The molecule has 2 atom stereocenters. The van der Waals surface area contributed by atoms with Gasteiger partial charge in [0.25, 0.3) is 0 Å². The number of carbonyl (C=O) groups excluding carboxylic acids is 1. The SMILES string of the molecule is O=C(CCCCC1CCSS1)NC(COP(=O)(O)O)C(=O)O. The molecule has 0 saturated carbocycles. The van der Waals surface area contributed by atoms with Gasteiger partial charge in [-0.1, -0.05) is 28.0 Å². The molecule has 2 unspecified atom stereocenters. The molecule has 0 spiro atoms. The molecule has 8 nitrogen and oxygen atoms in total. The van der Waals surface area contributed by atoms with Crippen LogP contribution in [0, 0.1) is 0 Å². The summed E-state index contributed by atoms with van der Waals surface area (Å²) in [6.07, 6.45) is 3.95. The lowest BCUT2D eigenvalue weighted by molar-refractivity contribution is -0.142. The van der Waals surface area contributed by atoms with Crippen molar-refractivity contribution in [3.8, 4) is 0 Å². The van der Waals surface area contributed by atoms with Gasteiger partial charge in [0, 0.05) is 17.4 Å². The largest absolute Gasteiger partial charge is 0.480 e. The molecule has 22 heavy (non-hydrogen) atoms. The lowest BCUT2D eigenvalue weighted by Gasteiger charge is -2.15. The lowest BCUT2D eigenvalue weighted by Crippen LogP contribution is -2.43. The Hall–Kier alpha value is -0.250. The number of unbranched alkanes of at least 4 members (excludes halogenated alkanes) is 1. The fourth-order valence-electron chi connectivity index (χ4n) is 1.83. The van der Waals surface area contributed by atoms with Gasteiger partial charge >= 0.3 is 13.8 Å². The van der Waals surface area contributed by atoms with E-state index in [1.807, 2.05) is 21.6 Å². The van der Waals surface area contributed by atoms with Crippen LogP contribution in [0.2, 0.25) is 0 Å². The molecule has 11 heteroatoms. The first-order valence-electron chi connectivity index (χ1n) is 6.78. The van der Waals surface area contributed by atoms with E-state index >= 15 is 0 Å². The molecule has 4 N–H and O–H groups in total. The highest BCUT2D eigenvalue weighted by molar-refractivity contribution is 8.77. The van der Waals surface area contributed by atoms with Gasteiger partial charge in [-0.25, -0.2) is 9.36 Å². The minimum absolute atomic E-state index is 0.185. The van der Waals surface area contributed by atoms with Gasteiger partial charge in [-0.3, -0.25) is 9.32 Å². The summed E-state index contributed by atoms with van der Waals surface area (Å²) in [4.78, 5) is 39.6. The molecule has 1 saturated heterocycles. The molecule has 1 fully saturated rings. The number of carboxylic acid groups (broad SMARTS) is 1. The zero-order chi connectivity index (χ0) is 16.6. The standard InChI is InChI=1S/C11H20NO7PS2/c13-10(4-2-1-3-8-5-6-21-22-8)12-9(11(14)15)7-19-20(16,17)18/h8-9H,1-7H2,(H,12,13)(H,14,15)(H2,16,17,18). The fraction of sp³-hybridized carbons (Fsp3) is 0.818. The Balaban J connectivity index is 2.21. The lowest BCUT2D eigenvalue weighted by atomic mass is 10.1. The van der Waals surface area contributed by atoms with Gasteiger partial charge in [-0.05, 0) is 19.3 Å². The predicted molar refractivity (Wildman–Crippen MR) is 84.5 cm³/mol. The molecule has 1 aliphatic heterocycles. The van der Waals surface area contributed by atoms with Gasteiger partial charge in [0.05, 0.1) is 6.61 Å². The van der Waals surface area contributed by atoms with Gasteiger partial charge in [0.1, 0.15) is 0 Å². The van der Waals surface area contributed by atoms with Crippen molar-refractivity contribution < 1.29 is 33.6 Å². The van der Waals surface area contributed by atoms with E-state index in [4.69, 9.17) is 14.9 Å². The molecule has 128 valence electrons. The number of hydrogen-bond acceptors (Lipinski definition) is 6. The first kappa shape index (κ1) is 19.8. The number of rotatable bonds is 10. The van der Waals surface area contributed by atoms with E-state index in [0.29, 0.717) is 11.7 Å². The van der Waals surface area contributed by atoms with Crippen molar-refractivity contribution in [3.05, 3.63) is 0 Å². The number of amides is 1. The molecule has 0 aliphatic carbocycles. The average Bonchev–Trinajstić information content (AvgIpc) is 2.91. The average molecular weight is 373 g/mol. The molecule has 1 aliphatic rings. The topological polar surface area (TPSA) is 133 Å². The first-order valence-corrected chi connectivity index (χ1v) is 10.7. The van der Waals surface area contributed by atoms with Crippen molar-refractivity contribution in [2.24, 2.45) is 0 Å². The second kappa shape index (κ2) is 9.79. The van der Waals surface area contributed by atoms with Crippen molar-refractivity contribution in [2.45, 2.75) is 43.4 Å². The van der Waals surface area contributed by atoms with Crippen LogP contribution in [0.5, 0.6) is 0 Å². The quantitative estimate of drug-likeness (QED) is 0.254. The molecule has 1 heterocycles. The molecule has 0 bridgehead atoms. The van der Waals surface area contributed by atoms with Gasteiger partial charge in [0.15, 0.2) is 6.04 Å². The Morgan fingerprint density at radius 1 is 1.36 bits per heavy atom. The van der Waals surface area contributed by atoms with E-state index in [2.05, 4.69) is 9.84 Å². The highest BCUT2D eigenvalue weighted by Crippen LogP contribution is 2.39. The number of nitrogens with one attached hydrogen (secondary N) is 1. The second-order valence-electron chi connectivity index (χ2n) is 4.82. The predicted octanol–water partition coefficient (Wildman–Crippen LogP) is 1.38. The van der Waals surface area contributed by atoms with Crippen molar-refractivity contribution in [3.63, 3.8) is 0 Å². The zero-order valence-corrected chi connectivity index (χ0v) is 14.4. The van der Waals surface area contributed by atoms with Gasteiger partial charge in [0.2, 0.25) is 5.91 Å². The van der Waals surface area contributed by atoms with Crippen molar-refractivity contribution in [1.82, 2.24) is 5.32 Å². The van der Waals surface area contributed by atoms with Crippen LogP contribution >= 0.6 is 29.4 Å². The Kier molecular flexibility index (Phi) is 8.81. The van der Waals surface area contributed by atoms with Gasteiger partial charge in [-0.2, -0.15) is 0 Å². The normalized spacial score (nSPS) is 19.8. The van der Waals surface area contributed by atoms with Crippen LogP contribution in [-0.4, -0.2) is 50.4 Å². The molecule has 1 amide bonds. The van der Waals surface area contributed by atoms with Crippen LogP contribution in [0.1, 0.15) is 32.1 Å². The first-order chi connectivity index (χ1) is 10.3. The summed E-state index contributed by atoms with van der Waals surface area (Å²) in [5.74, 6) is -0.702. The maximum Gasteiger partial charge on any atom is 0.469 e. The van der Waals surface area contributed by atoms with Crippen molar-refractivity contribution in [1.29, 1.82) is 0 Å². The van der Waals surface area contributed by atoms with Crippen molar-refractivity contribution in [2.75, 3.05) is 12.4 Å². The van der Waals surface area contributed by atoms with Gasteiger partial charge < -0.3 is 20.2 Å². The Morgan fingerprint density at radius 2 is 2.09 bits per heavy atom. The molecule has 1 rings (SSSR count). The smallest absolute Gasteiger partial charge is 0.469 e. The van der Waals surface area contributed by atoms with Crippen molar-refractivity contribution >= 4 is 41.3 Å². The Labute approximate surface area is 136 Å². The molecule has 0 radical (unpaired) electrons. The van der Waals surface area contributed by atoms with E-state index in [1.54, 1.807) is 0 Å².